The first-order valence-electron chi connectivity index (χ1n) is 5.11. The minimum atomic E-state index is -1.79. The van der Waals surface area contributed by atoms with Crippen molar-refractivity contribution in [2.75, 3.05) is 14.2 Å². The van der Waals surface area contributed by atoms with Gasteiger partial charge in [0.1, 0.15) is 0 Å². The minimum Gasteiger partial charge on any atom is -0.481 e. The Hall–Kier alpha value is -2.20. The summed E-state index contributed by atoms with van der Waals surface area (Å²) in [4.78, 5) is 40.3. The smallest absolute Gasteiger partial charge is 0.335 e. The van der Waals surface area contributed by atoms with Crippen LogP contribution in [0, 0.1) is 0 Å². The molecule has 0 aliphatic rings. The van der Waals surface area contributed by atoms with Gasteiger partial charge in [0.05, 0.1) is 27.1 Å². The maximum atomic E-state index is 10.5. The molecular formula is C10H16O10. The van der Waals surface area contributed by atoms with Gasteiger partial charge in [-0.2, -0.15) is 0 Å². The lowest BCUT2D eigenvalue weighted by molar-refractivity contribution is -0.156. The highest BCUT2D eigenvalue weighted by molar-refractivity contribution is 5.81. The van der Waals surface area contributed by atoms with Gasteiger partial charge in [0.2, 0.25) is 0 Å². The van der Waals surface area contributed by atoms with Crippen LogP contribution in [0.15, 0.2) is 0 Å². The molecule has 4 N–H and O–H groups in total. The van der Waals surface area contributed by atoms with Crippen LogP contribution in [-0.2, 0) is 28.7 Å². The third-order valence-corrected chi connectivity index (χ3v) is 1.71. The van der Waals surface area contributed by atoms with Crippen LogP contribution >= 0.6 is 0 Å². The second-order valence-electron chi connectivity index (χ2n) is 3.27. The fourth-order valence-corrected chi connectivity index (χ4v) is 0.713. The largest absolute Gasteiger partial charge is 0.481 e. The summed E-state index contributed by atoms with van der Waals surface area (Å²) in [6.07, 6.45) is -4.34. The molecular weight excluding hydrogens is 280 g/mol. The summed E-state index contributed by atoms with van der Waals surface area (Å²) in [5.74, 6) is -4.33. The van der Waals surface area contributed by atoms with Crippen LogP contribution < -0.4 is 0 Å². The van der Waals surface area contributed by atoms with Crippen LogP contribution in [0.25, 0.3) is 0 Å². The Morgan fingerprint density at radius 3 is 1.65 bits per heavy atom. The topological polar surface area (TPSA) is 168 Å². The Kier molecular flexibility index (Phi) is 10.8. The summed E-state index contributed by atoms with van der Waals surface area (Å²) in [7, 11) is 2.30. The number of hydrogen-bond acceptors (Lipinski definition) is 8. The summed E-state index contributed by atoms with van der Waals surface area (Å²) < 4.78 is 8.37. The van der Waals surface area contributed by atoms with E-state index in [1.807, 2.05) is 0 Å². The van der Waals surface area contributed by atoms with Gasteiger partial charge in [-0.1, -0.05) is 0 Å². The number of rotatable bonds is 6. The van der Waals surface area contributed by atoms with Gasteiger partial charge >= 0.3 is 23.9 Å². The number of aliphatic carboxylic acids is 2. The van der Waals surface area contributed by atoms with Crippen LogP contribution in [-0.4, -0.2) is 70.7 Å². The average Bonchev–Trinajstić information content (AvgIpc) is 2.37. The Balaban J connectivity index is 0. The van der Waals surface area contributed by atoms with Gasteiger partial charge in [0.25, 0.3) is 0 Å². The first-order valence-corrected chi connectivity index (χ1v) is 5.11. The Bertz CT molecular complexity index is 350. The number of aliphatic hydroxyl groups excluding tert-OH is 2. The van der Waals surface area contributed by atoms with Gasteiger partial charge in [-0.25, -0.2) is 9.59 Å². The van der Waals surface area contributed by atoms with Crippen molar-refractivity contribution in [1.29, 1.82) is 0 Å². The lowest BCUT2D eigenvalue weighted by Crippen LogP contribution is -2.25. The predicted octanol–water partition coefficient (Wildman–Crippen LogP) is -2.01. The maximum Gasteiger partial charge on any atom is 0.335 e. The molecule has 0 heterocycles. The van der Waals surface area contributed by atoms with Crippen molar-refractivity contribution in [3.8, 4) is 0 Å². The predicted molar refractivity (Wildman–Crippen MR) is 60.6 cm³/mol. The van der Waals surface area contributed by atoms with Crippen molar-refractivity contribution in [1.82, 2.24) is 0 Å². The fourth-order valence-electron chi connectivity index (χ4n) is 0.713. The molecule has 20 heavy (non-hydrogen) atoms. The molecule has 116 valence electrons. The Morgan fingerprint density at radius 2 is 1.40 bits per heavy atom. The summed E-state index contributed by atoms with van der Waals surface area (Å²) in [6, 6.07) is 0. The standard InChI is InChI=1S/C6H10O5.C4H6O5/c1-10-5(8)3-4(7)6(9)11-2;5-2(4(8)9)1-3(6)7/h4,7H,3H2,1-2H3;2,5H,1H2,(H,6,7)(H,8,9). The average molecular weight is 296 g/mol. The molecule has 10 heteroatoms. The number of esters is 2. The van der Waals surface area contributed by atoms with Crippen LogP contribution in [0.2, 0.25) is 0 Å². The number of carbonyl (C=O) groups is 4. The summed E-state index contributed by atoms with van der Waals surface area (Å²) in [6.45, 7) is 0. The quantitative estimate of drug-likeness (QED) is 0.402. The highest BCUT2D eigenvalue weighted by atomic mass is 16.5. The second-order valence-corrected chi connectivity index (χ2v) is 3.27. The fraction of sp³-hybridized carbons (Fsp3) is 0.600. The molecule has 0 aromatic rings. The van der Waals surface area contributed by atoms with Crippen molar-refractivity contribution in [3.63, 3.8) is 0 Å². The number of carbonyl (C=O) groups excluding carboxylic acids is 2. The molecule has 0 saturated carbocycles. The molecule has 0 amide bonds. The van der Waals surface area contributed by atoms with Crippen molar-refractivity contribution in [2.24, 2.45) is 0 Å². The lowest BCUT2D eigenvalue weighted by Gasteiger charge is -2.05. The van der Waals surface area contributed by atoms with Gasteiger partial charge in [0.15, 0.2) is 12.2 Å². The Labute approximate surface area is 113 Å². The van der Waals surface area contributed by atoms with E-state index >= 15 is 0 Å². The second kappa shape index (κ2) is 10.7. The third-order valence-electron chi connectivity index (χ3n) is 1.71. The molecule has 0 saturated heterocycles. The first kappa shape index (κ1) is 20.1. The lowest BCUT2D eigenvalue weighted by atomic mass is 10.2. The molecule has 0 radical (unpaired) electrons. The summed E-state index contributed by atoms with van der Waals surface area (Å²) in [5.41, 5.74) is 0. The molecule has 0 rings (SSSR count). The molecule has 0 spiro atoms. The molecule has 0 aliphatic heterocycles. The van der Waals surface area contributed by atoms with Gasteiger partial charge in [-0.3, -0.25) is 9.59 Å². The number of methoxy groups -OCH3 is 2. The molecule has 0 aromatic carbocycles. The normalized spacial score (nSPS) is 12.2. The first-order chi connectivity index (χ1) is 9.15. The van der Waals surface area contributed by atoms with E-state index in [9.17, 15) is 19.2 Å². The maximum absolute atomic E-state index is 10.5. The number of hydrogen-bond donors (Lipinski definition) is 4. The van der Waals surface area contributed by atoms with Crippen molar-refractivity contribution >= 4 is 23.9 Å². The van der Waals surface area contributed by atoms with E-state index in [0.29, 0.717) is 0 Å². The molecule has 0 aromatic heterocycles. The Morgan fingerprint density at radius 1 is 0.900 bits per heavy atom. The van der Waals surface area contributed by atoms with Crippen molar-refractivity contribution in [2.45, 2.75) is 25.0 Å². The van der Waals surface area contributed by atoms with E-state index < -0.39 is 42.5 Å². The minimum absolute atomic E-state index is 0.372. The zero-order valence-corrected chi connectivity index (χ0v) is 10.8. The zero-order chi connectivity index (χ0) is 16.3. The number of ether oxygens (including phenoxy) is 2. The van der Waals surface area contributed by atoms with Gasteiger partial charge < -0.3 is 29.9 Å². The van der Waals surface area contributed by atoms with Crippen molar-refractivity contribution < 1.29 is 49.1 Å². The van der Waals surface area contributed by atoms with Gasteiger partial charge in [-0.05, 0) is 0 Å². The number of carboxylic acid groups (broad SMARTS) is 2. The molecule has 2 atom stereocenters. The van der Waals surface area contributed by atoms with E-state index in [1.54, 1.807) is 0 Å². The molecule has 0 fully saturated rings. The summed E-state index contributed by atoms with van der Waals surface area (Å²) in [5, 5.41) is 33.0. The number of aliphatic hydroxyl groups is 2. The van der Waals surface area contributed by atoms with Crippen LogP contribution in [0.1, 0.15) is 12.8 Å². The van der Waals surface area contributed by atoms with E-state index in [-0.39, 0.29) is 6.42 Å². The van der Waals surface area contributed by atoms with Gasteiger partial charge in [-0.15, -0.1) is 0 Å². The van der Waals surface area contributed by atoms with E-state index in [0.717, 1.165) is 7.11 Å². The van der Waals surface area contributed by atoms with Gasteiger partial charge in [0, 0.05) is 0 Å². The van der Waals surface area contributed by atoms with Crippen LogP contribution in [0.4, 0.5) is 0 Å². The third kappa shape index (κ3) is 10.9. The van der Waals surface area contributed by atoms with E-state index in [1.165, 1.54) is 7.11 Å². The van der Waals surface area contributed by atoms with Crippen LogP contribution in [0.3, 0.4) is 0 Å². The molecule has 2 unspecified atom stereocenters. The van der Waals surface area contributed by atoms with Crippen molar-refractivity contribution in [3.05, 3.63) is 0 Å². The molecule has 0 bridgehead atoms. The molecule has 0 aliphatic carbocycles. The summed E-state index contributed by atoms with van der Waals surface area (Å²) >= 11 is 0. The number of carboxylic acids is 2. The highest BCUT2D eigenvalue weighted by Crippen LogP contribution is 1.95. The zero-order valence-electron chi connectivity index (χ0n) is 10.8. The van der Waals surface area contributed by atoms with E-state index in [2.05, 4.69) is 9.47 Å². The SMILES string of the molecule is COC(=O)CC(O)C(=O)OC.O=C(O)CC(O)C(=O)O. The van der Waals surface area contributed by atoms with E-state index in [4.69, 9.17) is 20.4 Å². The highest BCUT2D eigenvalue weighted by Gasteiger charge is 2.19. The monoisotopic (exact) mass is 296 g/mol. The van der Waals surface area contributed by atoms with Crippen LogP contribution in [0.5, 0.6) is 0 Å². The molecule has 10 nitrogen and oxygen atoms in total.